The first-order valence-corrected chi connectivity index (χ1v) is 5.00. The van der Waals surface area contributed by atoms with Gasteiger partial charge >= 0.3 is 21.1 Å². The second-order valence-electron chi connectivity index (χ2n) is 2.93. The van der Waals surface area contributed by atoms with E-state index in [-0.39, 0.29) is 34.2 Å². The van der Waals surface area contributed by atoms with E-state index in [1.807, 2.05) is 36.4 Å². The molecule has 92 valence electrons. The van der Waals surface area contributed by atoms with Gasteiger partial charge in [0.15, 0.2) is 0 Å². The van der Waals surface area contributed by atoms with Crippen molar-refractivity contribution in [2.75, 3.05) is 13.1 Å². The second-order valence-corrected chi connectivity index (χ2v) is 2.93. The fourth-order valence-electron chi connectivity index (χ4n) is 1.03. The van der Waals surface area contributed by atoms with E-state index in [4.69, 9.17) is 11.5 Å². The van der Waals surface area contributed by atoms with E-state index in [0.717, 1.165) is 11.4 Å². The summed E-state index contributed by atoms with van der Waals surface area (Å²) in [5, 5.41) is 0. The van der Waals surface area contributed by atoms with Crippen LogP contribution in [0, 0.1) is 0 Å². The zero-order chi connectivity index (χ0) is 11.6. The zero-order valence-electron chi connectivity index (χ0n) is 9.24. The minimum absolute atomic E-state index is 0. The topological polar surface area (TPSA) is 73.4 Å². The smallest absolute Gasteiger partial charge is 0.679 e. The monoisotopic (exact) mass is 409 g/mol. The summed E-state index contributed by atoms with van der Waals surface area (Å²) in [5.41, 5.74) is 14.4. The molecule has 0 saturated carbocycles. The van der Waals surface area contributed by atoms with Crippen LogP contribution >= 0.6 is 0 Å². The summed E-state index contributed by atoms with van der Waals surface area (Å²) < 4.78 is 0. The van der Waals surface area contributed by atoms with Crippen molar-refractivity contribution in [2.24, 2.45) is 0 Å². The summed E-state index contributed by atoms with van der Waals surface area (Å²) in [7, 11) is 0. The van der Waals surface area contributed by atoms with Gasteiger partial charge in [-0.1, -0.05) is 12.1 Å². The number of pyridine rings is 2. The molecule has 0 spiro atoms. The molecular weight excluding hydrogens is 395 g/mol. The molecule has 0 aliphatic heterocycles. The molecule has 0 saturated heterocycles. The summed E-state index contributed by atoms with van der Waals surface area (Å²) in [6.07, 6.45) is 3.54. The van der Waals surface area contributed by atoms with Gasteiger partial charge in [0.2, 0.25) is 0 Å². The van der Waals surface area contributed by atoms with Crippen molar-refractivity contribution < 1.29 is 21.1 Å². The van der Waals surface area contributed by atoms with E-state index in [9.17, 15) is 0 Å². The molecule has 0 aliphatic carbocycles. The Balaban J connectivity index is 0.000000453. The summed E-state index contributed by atoms with van der Waals surface area (Å²) >= 11 is 0. The fourth-order valence-corrected chi connectivity index (χ4v) is 1.03. The van der Waals surface area contributed by atoms with E-state index >= 15 is 0 Å². The predicted octanol–water partition coefficient (Wildman–Crippen LogP) is 3.23. The largest absolute Gasteiger partial charge is 2.00 e. The number of nitrogens with one attached hydrogen (secondary N) is 2. The number of rotatable bonds is 2. The molecule has 0 aliphatic rings. The molecule has 0 bridgehead atoms. The first-order chi connectivity index (χ1) is 7.88. The van der Waals surface area contributed by atoms with Crippen molar-refractivity contribution in [2.45, 2.75) is 0 Å². The van der Waals surface area contributed by atoms with Crippen LogP contribution in [0.4, 0.5) is 0 Å². The Morgan fingerprint density at radius 2 is 1.18 bits per heavy atom. The Morgan fingerprint density at radius 1 is 0.765 bits per heavy atom. The van der Waals surface area contributed by atoms with Gasteiger partial charge in [-0.3, -0.25) is 9.97 Å². The van der Waals surface area contributed by atoms with Gasteiger partial charge in [-0.25, -0.2) is 0 Å². The van der Waals surface area contributed by atoms with Gasteiger partial charge in [-0.15, -0.1) is 0 Å². The number of aromatic nitrogens is 2. The summed E-state index contributed by atoms with van der Waals surface area (Å²) in [6, 6.07) is 11.6. The van der Waals surface area contributed by atoms with Gasteiger partial charge in [-0.2, -0.15) is 13.1 Å². The standard InChI is InChI=1S/C10H8N2.C2H6N2.Pt/c1-3-7-11-9(5-1)10-6-2-4-8-12-10;3-1-2-4;/h1-8H;3-4H,1-2H2;/q;-2;+2. The molecule has 0 radical (unpaired) electrons. The normalized spacial score (nSPS) is 8.59. The maximum absolute atomic E-state index is 6.26. The third kappa shape index (κ3) is 6.27. The van der Waals surface area contributed by atoms with E-state index in [0.29, 0.717) is 0 Å². The van der Waals surface area contributed by atoms with Crippen molar-refractivity contribution in [1.82, 2.24) is 9.97 Å². The van der Waals surface area contributed by atoms with Crippen LogP contribution in [-0.4, -0.2) is 23.1 Å². The van der Waals surface area contributed by atoms with Crippen LogP contribution in [0.15, 0.2) is 48.8 Å². The molecule has 17 heavy (non-hydrogen) atoms. The first-order valence-electron chi connectivity index (χ1n) is 5.00. The van der Waals surface area contributed by atoms with Gasteiger partial charge in [0.05, 0.1) is 11.4 Å². The molecule has 5 heteroatoms. The molecule has 2 aromatic rings. The summed E-state index contributed by atoms with van der Waals surface area (Å²) in [4.78, 5) is 8.37. The van der Waals surface area contributed by atoms with Crippen LogP contribution in [0.1, 0.15) is 0 Å². The Kier molecular flexibility index (Phi) is 9.44. The van der Waals surface area contributed by atoms with Crippen molar-refractivity contribution in [1.29, 1.82) is 0 Å². The van der Waals surface area contributed by atoms with Crippen LogP contribution in [0.5, 0.6) is 0 Å². The van der Waals surface area contributed by atoms with Crippen LogP contribution < -0.4 is 0 Å². The van der Waals surface area contributed by atoms with Gasteiger partial charge in [-0.05, 0) is 24.3 Å². The third-order valence-electron chi connectivity index (χ3n) is 1.72. The zero-order valence-corrected chi connectivity index (χ0v) is 11.5. The first kappa shape index (κ1) is 15.9. The van der Waals surface area contributed by atoms with E-state index < -0.39 is 0 Å². The molecule has 0 atom stereocenters. The van der Waals surface area contributed by atoms with Crippen LogP contribution in [-0.2, 0) is 21.1 Å². The SMILES string of the molecule is [NH-]CC[NH-].[Pt+2].c1ccc(-c2ccccn2)nc1. The van der Waals surface area contributed by atoms with E-state index in [1.54, 1.807) is 12.4 Å². The average Bonchev–Trinajstić information content (AvgIpc) is 2.41. The molecule has 0 aromatic carbocycles. The van der Waals surface area contributed by atoms with Gasteiger partial charge < -0.3 is 11.5 Å². The van der Waals surface area contributed by atoms with Crippen molar-refractivity contribution in [3.05, 3.63) is 60.3 Å². The molecule has 2 heterocycles. The van der Waals surface area contributed by atoms with Crippen molar-refractivity contribution >= 4 is 0 Å². The second kappa shape index (κ2) is 10.1. The summed E-state index contributed by atoms with van der Waals surface area (Å²) in [5.74, 6) is 0. The average molecular weight is 409 g/mol. The van der Waals surface area contributed by atoms with Gasteiger partial charge in [0.1, 0.15) is 0 Å². The van der Waals surface area contributed by atoms with Crippen LogP contribution in [0.25, 0.3) is 22.9 Å². The predicted molar refractivity (Wildman–Crippen MR) is 65.8 cm³/mol. The minimum atomic E-state index is 0. The molecule has 2 N–H and O–H groups in total. The van der Waals surface area contributed by atoms with Crippen LogP contribution in [0.2, 0.25) is 0 Å². The Morgan fingerprint density at radius 3 is 1.41 bits per heavy atom. The molecule has 0 unspecified atom stereocenters. The third-order valence-corrected chi connectivity index (χ3v) is 1.72. The molecule has 2 rings (SSSR count). The maximum atomic E-state index is 6.26. The number of hydrogen-bond donors (Lipinski definition) is 0. The molecular formula is C12H14N4Pt. The van der Waals surface area contributed by atoms with Gasteiger partial charge in [0.25, 0.3) is 0 Å². The Hall–Kier alpha value is -1.09. The summed E-state index contributed by atoms with van der Waals surface area (Å²) in [6.45, 7) is 0.472. The van der Waals surface area contributed by atoms with E-state index in [1.165, 1.54) is 0 Å². The fraction of sp³-hybridized carbons (Fsp3) is 0.167. The quantitative estimate of drug-likeness (QED) is 0.764. The number of nitrogens with zero attached hydrogens (tertiary/aromatic N) is 2. The van der Waals surface area contributed by atoms with Crippen molar-refractivity contribution in [3.8, 4) is 11.4 Å². The maximum Gasteiger partial charge on any atom is 2.00 e. The van der Waals surface area contributed by atoms with Crippen molar-refractivity contribution in [3.63, 3.8) is 0 Å². The molecule has 2 aromatic heterocycles. The molecule has 4 nitrogen and oxygen atoms in total. The molecule has 0 fully saturated rings. The Bertz CT molecular complexity index is 341. The van der Waals surface area contributed by atoms with Gasteiger partial charge in [0, 0.05) is 12.4 Å². The molecule has 0 amide bonds. The van der Waals surface area contributed by atoms with Crippen LogP contribution in [0.3, 0.4) is 0 Å². The number of hydrogen-bond acceptors (Lipinski definition) is 2. The van der Waals surface area contributed by atoms with E-state index in [2.05, 4.69) is 9.97 Å². The minimum Gasteiger partial charge on any atom is -0.679 e. The Labute approximate surface area is 116 Å².